The van der Waals surface area contributed by atoms with E-state index < -0.39 is 10.8 Å². The zero-order chi connectivity index (χ0) is 14.7. The summed E-state index contributed by atoms with van der Waals surface area (Å²) in [5.74, 6) is 1.97. The van der Waals surface area contributed by atoms with Gasteiger partial charge in [0.1, 0.15) is 5.25 Å². The molecule has 0 N–H and O–H groups in total. The van der Waals surface area contributed by atoms with E-state index in [0.29, 0.717) is 27.8 Å². The molecule has 2 aromatic heterocycles. The van der Waals surface area contributed by atoms with Crippen molar-refractivity contribution >= 4 is 33.7 Å². The minimum Gasteiger partial charge on any atom is -0.424 e. The first kappa shape index (κ1) is 15.7. The van der Waals surface area contributed by atoms with Gasteiger partial charge >= 0.3 is 0 Å². The lowest BCUT2D eigenvalue weighted by atomic mass is 10.1. The van der Waals surface area contributed by atoms with E-state index in [9.17, 15) is 4.21 Å². The highest BCUT2D eigenvalue weighted by Crippen LogP contribution is 2.26. The van der Waals surface area contributed by atoms with Crippen molar-refractivity contribution in [3.8, 4) is 0 Å². The van der Waals surface area contributed by atoms with Crippen LogP contribution < -0.4 is 0 Å². The van der Waals surface area contributed by atoms with E-state index in [1.165, 1.54) is 11.3 Å². The third-order valence-electron chi connectivity index (χ3n) is 2.72. The first-order valence-corrected chi connectivity index (χ1v) is 8.97. The molecule has 0 aliphatic carbocycles. The first-order valence-electron chi connectivity index (χ1n) is 6.39. The first-order chi connectivity index (χ1) is 9.45. The molecule has 0 amide bonds. The quantitative estimate of drug-likeness (QED) is 0.802. The summed E-state index contributed by atoms with van der Waals surface area (Å²) >= 11 is 7.32. The van der Waals surface area contributed by atoms with Gasteiger partial charge in [-0.2, -0.15) is 0 Å². The Hall–Kier alpha value is -0.720. The maximum Gasteiger partial charge on any atom is 0.231 e. The lowest BCUT2D eigenvalue weighted by molar-refractivity contribution is 0.425. The molecule has 2 atom stereocenters. The van der Waals surface area contributed by atoms with Gasteiger partial charge in [0.15, 0.2) is 0 Å². The van der Waals surface area contributed by atoms with Crippen LogP contribution in [0, 0.1) is 5.92 Å². The summed E-state index contributed by atoms with van der Waals surface area (Å²) in [5.41, 5.74) is 0. The molecule has 0 radical (unpaired) electrons. The molecule has 2 aromatic rings. The van der Waals surface area contributed by atoms with Gasteiger partial charge in [0, 0.05) is 22.1 Å². The minimum atomic E-state index is -1.10. The molecular formula is C13H17ClN2O2S2. The van der Waals surface area contributed by atoms with Gasteiger partial charge in [-0.3, -0.25) is 4.21 Å². The summed E-state index contributed by atoms with van der Waals surface area (Å²) in [6, 6.07) is 3.71. The Morgan fingerprint density at radius 3 is 2.70 bits per heavy atom. The van der Waals surface area contributed by atoms with Crippen LogP contribution in [0.1, 0.15) is 42.7 Å². The van der Waals surface area contributed by atoms with Crippen LogP contribution in [0.25, 0.3) is 0 Å². The molecular weight excluding hydrogens is 316 g/mol. The zero-order valence-electron chi connectivity index (χ0n) is 11.6. The minimum absolute atomic E-state index is 0.274. The van der Waals surface area contributed by atoms with Crippen molar-refractivity contribution < 1.29 is 8.63 Å². The summed E-state index contributed by atoms with van der Waals surface area (Å²) in [6.07, 6.45) is 0.743. The fraction of sp³-hybridized carbons (Fsp3) is 0.538. The number of aromatic nitrogens is 2. The van der Waals surface area contributed by atoms with Crippen LogP contribution in [0.4, 0.5) is 0 Å². The van der Waals surface area contributed by atoms with Crippen LogP contribution in [-0.2, 0) is 23.0 Å². The molecule has 2 rings (SSSR count). The third-order valence-corrected chi connectivity index (χ3v) is 5.72. The highest BCUT2D eigenvalue weighted by atomic mass is 35.5. The molecule has 0 fully saturated rings. The van der Waals surface area contributed by atoms with Gasteiger partial charge in [-0.05, 0) is 25.0 Å². The highest BCUT2D eigenvalue weighted by molar-refractivity contribution is 7.84. The van der Waals surface area contributed by atoms with Crippen molar-refractivity contribution in [1.29, 1.82) is 0 Å². The zero-order valence-corrected chi connectivity index (χ0v) is 14.0. The van der Waals surface area contributed by atoms with E-state index in [0.717, 1.165) is 11.3 Å². The molecule has 20 heavy (non-hydrogen) atoms. The lowest BCUT2D eigenvalue weighted by Crippen LogP contribution is -2.05. The van der Waals surface area contributed by atoms with Crippen LogP contribution in [0.2, 0.25) is 4.34 Å². The fourth-order valence-corrected chi connectivity index (χ4v) is 4.08. The average molecular weight is 333 g/mol. The predicted molar refractivity (Wildman–Crippen MR) is 82.4 cm³/mol. The molecule has 4 nitrogen and oxygen atoms in total. The number of thiophene rings is 1. The Morgan fingerprint density at radius 1 is 1.35 bits per heavy atom. The summed E-state index contributed by atoms with van der Waals surface area (Å²) in [5, 5.41) is 7.73. The van der Waals surface area contributed by atoms with Crippen LogP contribution in [-0.4, -0.2) is 14.4 Å². The normalized spacial score (nSPS) is 14.7. The number of hydrogen-bond donors (Lipinski definition) is 0. The van der Waals surface area contributed by atoms with Crippen LogP contribution in [0.15, 0.2) is 16.5 Å². The van der Waals surface area contributed by atoms with Crippen LogP contribution in [0.3, 0.4) is 0 Å². The van der Waals surface area contributed by atoms with Crippen molar-refractivity contribution in [2.24, 2.45) is 5.92 Å². The van der Waals surface area contributed by atoms with Gasteiger partial charge in [-0.25, -0.2) is 0 Å². The lowest BCUT2D eigenvalue weighted by Gasteiger charge is -2.05. The standard InChI is InChI=1S/C13H17ClN2O2S2/c1-8(2)6-12-15-16-13(18-12)9(3)20(17)7-10-4-5-11(14)19-10/h4-5,8-9H,6-7H2,1-3H3/t9-,20-/m0/s1. The monoisotopic (exact) mass is 332 g/mol. The summed E-state index contributed by atoms with van der Waals surface area (Å²) in [6.45, 7) is 6.02. The Kier molecular flexibility index (Phi) is 5.35. The van der Waals surface area contributed by atoms with Crippen LogP contribution >= 0.6 is 22.9 Å². The van der Waals surface area contributed by atoms with Gasteiger partial charge in [-0.15, -0.1) is 21.5 Å². The van der Waals surface area contributed by atoms with E-state index in [1.807, 2.05) is 19.1 Å². The van der Waals surface area contributed by atoms with Gasteiger partial charge in [0.05, 0.1) is 10.1 Å². The van der Waals surface area contributed by atoms with Gasteiger partial charge in [-0.1, -0.05) is 25.4 Å². The summed E-state index contributed by atoms with van der Waals surface area (Å²) in [7, 11) is -1.10. The smallest absolute Gasteiger partial charge is 0.231 e. The van der Waals surface area contributed by atoms with Crippen molar-refractivity contribution in [3.63, 3.8) is 0 Å². The number of nitrogens with zero attached hydrogens (tertiary/aromatic N) is 2. The Labute approximate surface area is 130 Å². The maximum atomic E-state index is 12.3. The second-order valence-electron chi connectivity index (χ2n) is 5.01. The second-order valence-corrected chi connectivity index (χ2v) is 8.56. The van der Waals surface area contributed by atoms with Crippen molar-refractivity contribution in [3.05, 3.63) is 33.1 Å². The van der Waals surface area contributed by atoms with Crippen LogP contribution in [0.5, 0.6) is 0 Å². The molecule has 0 saturated carbocycles. The molecule has 0 saturated heterocycles. The Balaban J connectivity index is 2.01. The van der Waals surface area contributed by atoms with Gasteiger partial charge in [0.25, 0.3) is 0 Å². The Morgan fingerprint density at radius 2 is 2.10 bits per heavy atom. The van der Waals surface area contributed by atoms with Gasteiger partial charge in [0.2, 0.25) is 11.8 Å². The SMILES string of the molecule is CC(C)Cc1nnc([C@H](C)[S@@](=O)Cc2ccc(Cl)s2)o1. The molecule has 0 bridgehead atoms. The number of hydrogen-bond acceptors (Lipinski definition) is 5. The fourth-order valence-electron chi connectivity index (χ4n) is 1.67. The van der Waals surface area contributed by atoms with E-state index in [1.54, 1.807) is 0 Å². The van der Waals surface area contributed by atoms with E-state index in [2.05, 4.69) is 24.0 Å². The maximum absolute atomic E-state index is 12.3. The average Bonchev–Trinajstić information content (AvgIpc) is 2.97. The third kappa shape index (κ3) is 4.14. The largest absolute Gasteiger partial charge is 0.424 e. The molecule has 0 spiro atoms. The van der Waals surface area contributed by atoms with E-state index >= 15 is 0 Å². The molecule has 0 aromatic carbocycles. The summed E-state index contributed by atoms with van der Waals surface area (Å²) in [4.78, 5) is 1.00. The second kappa shape index (κ2) is 6.83. The van der Waals surface area contributed by atoms with E-state index in [-0.39, 0.29) is 5.25 Å². The van der Waals surface area contributed by atoms with Crippen molar-refractivity contribution in [2.75, 3.05) is 0 Å². The van der Waals surface area contributed by atoms with E-state index in [4.69, 9.17) is 16.0 Å². The number of rotatable bonds is 6. The van der Waals surface area contributed by atoms with Crippen molar-refractivity contribution in [2.45, 2.75) is 38.2 Å². The molecule has 110 valence electrons. The molecule has 0 aliphatic rings. The molecule has 0 aliphatic heterocycles. The van der Waals surface area contributed by atoms with Gasteiger partial charge < -0.3 is 4.42 Å². The summed E-state index contributed by atoms with van der Waals surface area (Å²) < 4.78 is 18.6. The number of halogens is 1. The molecule has 2 heterocycles. The molecule has 7 heteroatoms. The van der Waals surface area contributed by atoms with Crippen molar-refractivity contribution in [1.82, 2.24) is 10.2 Å². The highest BCUT2D eigenvalue weighted by Gasteiger charge is 2.21. The predicted octanol–water partition coefficient (Wildman–Crippen LogP) is 3.99. The Bertz CT molecular complexity index is 595. The molecule has 0 unspecified atom stereocenters. The topological polar surface area (TPSA) is 56.0 Å².